The van der Waals surface area contributed by atoms with Gasteiger partial charge in [0, 0.05) is 23.2 Å². The first-order chi connectivity index (χ1) is 13.4. The maximum Gasteiger partial charge on any atom is 0.325 e. The standard InChI is InChI=1S/C19H17FN4O2S2/c1-19(2)17(25)24(18(26)23-19)7-8-27-15-14-13(9-28-16(14)22-10-21-15)11-3-5-12(20)6-4-11/h3-6,9-10H,7-8H2,1-2H3,(H,23,26). The maximum absolute atomic E-state index is 13.3. The number of halogens is 1. The van der Waals surface area contributed by atoms with Gasteiger partial charge in [0.15, 0.2) is 0 Å². The lowest BCUT2D eigenvalue weighted by Gasteiger charge is -2.15. The minimum atomic E-state index is -0.868. The van der Waals surface area contributed by atoms with E-state index in [1.807, 2.05) is 5.38 Å². The van der Waals surface area contributed by atoms with Crippen LogP contribution in [0.2, 0.25) is 0 Å². The van der Waals surface area contributed by atoms with E-state index in [-0.39, 0.29) is 17.8 Å². The number of urea groups is 1. The van der Waals surface area contributed by atoms with E-state index in [4.69, 9.17) is 0 Å². The van der Waals surface area contributed by atoms with Gasteiger partial charge in [0.05, 0.1) is 5.39 Å². The zero-order valence-electron chi connectivity index (χ0n) is 15.2. The largest absolute Gasteiger partial charge is 0.325 e. The first-order valence-electron chi connectivity index (χ1n) is 8.62. The van der Waals surface area contributed by atoms with Gasteiger partial charge in [-0.15, -0.1) is 23.1 Å². The fourth-order valence-electron chi connectivity index (χ4n) is 3.05. The lowest BCUT2D eigenvalue weighted by Crippen LogP contribution is -2.40. The number of hydrogen-bond acceptors (Lipinski definition) is 6. The van der Waals surface area contributed by atoms with Crippen LogP contribution in [0.4, 0.5) is 9.18 Å². The molecular formula is C19H17FN4O2S2. The van der Waals surface area contributed by atoms with Crippen LogP contribution >= 0.6 is 23.1 Å². The van der Waals surface area contributed by atoms with Crippen LogP contribution in [0.3, 0.4) is 0 Å². The molecule has 3 aromatic rings. The monoisotopic (exact) mass is 416 g/mol. The quantitative estimate of drug-likeness (QED) is 0.388. The molecule has 144 valence electrons. The first kappa shape index (κ1) is 18.8. The summed E-state index contributed by atoms with van der Waals surface area (Å²) in [6.07, 6.45) is 1.51. The second-order valence-electron chi connectivity index (χ2n) is 6.88. The van der Waals surface area contributed by atoms with Crippen molar-refractivity contribution in [3.63, 3.8) is 0 Å². The number of fused-ring (bicyclic) bond motifs is 1. The van der Waals surface area contributed by atoms with Crippen LogP contribution in [-0.2, 0) is 4.79 Å². The molecule has 4 rings (SSSR count). The molecule has 28 heavy (non-hydrogen) atoms. The van der Waals surface area contributed by atoms with Crippen LogP contribution < -0.4 is 5.32 Å². The van der Waals surface area contributed by atoms with Crippen molar-refractivity contribution in [1.82, 2.24) is 20.2 Å². The molecule has 0 aliphatic carbocycles. The van der Waals surface area contributed by atoms with E-state index in [1.165, 1.54) is 46.5 Å². The molecule has 9 heteroatoms. The lowest BCUT2D eigenvalue weighted by atomic mass is 10.1. The van der Waals surface area contributed by atoms with Crippen LogP contribution in [-0.4, -0.2) is 44.6 Å². The SMILES string of the molecule is CC1(C)NC(=O)N(CCSc2ncnc3scc(-c4ccc(F)cc4)c23)C1=O. The Morgan fingerprint density at radius 3 is 2.64 bits per heavy atom. The Morgan fingerprint density at radius 2 is 1.96 bits per heavy atom. The summed E-state index contributed by atoms with van der Waals surface area (Å²) >= 11 is 2.96. The number of carbonyl (C=O) groups excluding carboxylic acids is 2. The number of benzene rings is 1. The summed E-state index contributed by atoms with van der Waals surface area (Å²) in [5, 5.41) is 6.34. The summed E-state index contributed by atoms with van der Waals surface area (Å²) < 4.78 is 13.3. The predicted molar refractivity (Wildman–Crippen MR) is 108 cm³/mol. The molecule has 1 saturated heterocycles. The topological polar surface area (TPSA) is 75.2 Å². The third-order valence-electron chi connectivity index (χ3n) is 4.49. The van der Waals surface area contributed by atoms with E-state index in [9.17, 15) is 14.0 Å². The van der Waals surface area contributed by atoms with Crippen LogP contribution in [0.25, 0.3) is 21.3 Å². The lowest BCUT2D eigenvalue weighted by molar-refractivity contribution is -0.130. The van der Waals surface area contributed by atoms with E-state index in [0.29, 0.717) is 12.3 Å². The number of amides is 3. The Kier molecular flexibility index (Phi) is 4.80. The van der Waals surface area contributed by atoms with Gasteiger partial charge in [0.25, 0.3) is 5.91 Å². The van der Waals surface area contributed by atoms with Crippen molar-refractivity contribution in [2.75, 3.05) is 12.3 Å². The second-order valence-corrected chi connectivity index (χ2v) is 8.82. The Bertz CT molecular complexity index is 1070. The molecule has 2 aromatic heterocycles. The van der Waals surface area contributed by atoms with E-state index >= 15 is 0 Å². The predicted octanol–water partition coefficient (Wildman–Crippen LogP) is 3.92. The summed E-state index contributed by atoms with van der Waals surface area (Å²) in [7, 11) is 0. The fraction of sp³-hybridized carbons (Fsp3) is 0.263. The number of carbonyl (C=O) groups is 2. The summed E-state index contributed by atoms with van der Waals surface area (Å²) in [5.41, 5.74) is 0.965. The molecular weight excluding hydrogens is 399 g/mol. The maximum atomic E-state index is 13.3. The Labute approximate surface area is 169 Å². The molecule has 6 nitrogen and oxygen atoms in total. The highest BCUT2D eigenvalue weighted by atomic mass is 32.2. The minimum absolute atomic E-state index is 0.228. The van der Waals surface area contributed by atoms with Gasteiger partial charge >= 0.3 is 6.03 Å². The van der Waals surface area contributed by atoms with Crippen LogP contribution in [0.15, 0.2) is 41.0 Å². The molecule has 0 saturated carbocycles. The average molecular weight is 417 g/mol. The van der Waals surface area contributed by atoms with Crippen molar-refractivity contribution >= 4 is 45.3 Å². The number of nitrogens with zero attached hydrogens (tertiary/aromatic N) is 3. The number of rotatable bonds is 5. The fourth-order valence-corrected chi connectivity index (χ4v) is 4.97. The van der Waals surface area contributed by atoms with Crippen LogP contribution in [0, 0.1) is 5.82 Å². The molecule has 3 amide bonds. The number of thiophene rings is 1. The molecule has 1 aliphatic heterocycles. The van der Waals surface area contributed by atoms with Crippen LogP contribution in [0.5, 0.6) is 0 Å². The van der Waals surface area contributed by atoms with Gasteiger partial charge in [0.1, 0.15) is 27.5 Å². The highest BCUT2D eigenvalue weighted by Gasteiger charge is 2.43. The normalized spacial score (nSPS) is 16.0. The molecule has 1 aliphatic rings. The molecule has 1 aromatic carbocycles. The molecule has 0 radical (unpaired) electrons. The molecule has 1 N–H and O–H groups in total. The molecule has 0 atom stereocenters. The van der Waals surface area contributed by atoms with Gasteiger partial charge in [-0.2, -0.15) is 0 Å². The number of hydrogen-bond donors (Lipinski definition) is 1. The highest BCUT2D eigenvalue weighted by molar-refractivity contribution is 7.99. The minimum Gasteiger partial charge on any atom is -0.324 e. The Hall–Kier alpha value is -2.52. The molecule has 0 spiro atoms. The summed E-state index contributed by atoms with van der Waals surface area (Å²) in [6, 6.07) is 5.94. The van der Waals surface area contributed by atoms with Gasteiger partial charge in [-0.05, 0) is 31.5 Å². The van der Waals surface area contributed by atoms with E-state index in [0.717, 1.165) is 26.4 Å². The zero-order valence-corrected chi connectivity index (χ0v) is 16.9. The van der Waals surface area contributed by atoms with Crippen molar-refractivity contribution in [1.29, 1.82) is 0 Å². The van der Waals surface area contributed by atoms with E-state index in [2.05, 4.69) is 15.3 Å². The average Bonchev–Trinajstić information content (AvgIpc) is 3.17. The van der Waals surface area contributed by atoms with Crippen molar-refractivity contribution in [3.8, 4) is 11.1 Å². The molecule has 0 unspecified atom stereocenters. The summed E-state index contributed by atoms with van der Waals surface area (Å²) in [5.74, 6) is -0.000791. The van der Waals surface area contributed by atoms with Gasteiger partial charge in [-0.3, -0.25) is 9.69 Å². The van der Waals surface area contributed by atoms with Crippen molar-refractivity contribution in [3.05, 3.63) is 41.8 Å². The number of nitrogens with one attached hydrogen (secondary N) is 1. The van der Waals surface area contributed by atoms with E-state index in [1.54, 1.807) is 26.0 Å². The van der Waals surface area contributed by atoms with E-state index < -0.39 is 5.54 Å². The molecule has 3 heterocycles. The van der Waals surface area contributed by atoms with Crippen molar-refractivity contribution in [2.45, 2.75) is 24.4 Å². The first-order valence-corrected chi connectivity index (χ1v) is 10.5. The van der Waals surface area contributed by atoms with Gasteiger partial charge in [0.2, 0.25) is 0 Å². The number of aromatic nitrogens is 2. The van der Waals surface area contributed by atoms with Crippen molar-refractivity contribution in [2.24, 2.45) is 0 Å². The van der Waals surface area contributed by atoms with Crippen LogP contribution in [0.1, 0.15) is 13.8 Å². The Balaban J connectivity index is 1.56. The third-order valence-corrected chi connectivity index (χ3v) is 6.34. The van der Waals surface area contributed by atoms with Gasteiger partial charge in [-0.1, -0.05) is 12.1 Å². The highest BCUT2D eigenvalue weighted by Crippen LogP contribution is 2.37. The second kappa shape index (κ2) is 7.14. The summed E-state index contributed by atoms with van der Waals surface area (Å²) in [6.45, 7) is 3.67. The van der Waals surface area contributed by atoms with Crippen molar-refractivity contribution < 1.29 is 14.0 Å². The molecule has 0 bridgehead atoms. The molecule has 1 fully saturated rings. The number of thioether (sulfide) groups is 1. The van der Waals surface area contributed by atoms with Gasteiger partial charge < -0.3 is 5.32 Å². The summed E-state index contributed by atoms with van der Waals surface area (Å²) in [4.78, 5) is 35.1. The third kappa shape index (κ3) is 3.35. The zero-order chi connectivity index (χ0) is 19.9. The Morgan fingerprint density at radius 1 is 1.21 bits per heavy atom. The number of imide groups is 1. The van der Waals surface area contributed by atoms with Gasteiger partial charge in [-0.25, -0.2) is 19.2 Å². The smallest absolute Gasteiger partial charge is 0.324 e.